The first-order valence-electron chi connectivity index (χ1n) is 10.3. The molecule has 33 heavy (non-hydrogen) atoms. The number of carbonyl (C=O) groups excluding carboxylic acids is 1. The summed E-state index contributed by atoms with van der Waals surface area (Å²) < 4.78 is 48.1. The Hall–Kier alpha value is -3.53. The van der Waals surface area contributed by atoms with E-state index in [2.05, 4.69) is 15.2 Å². The molecule has 10 heteroatoms. The molecule has 3 rings (SSSR count). The number of hydrogen-bond acceptors (Lipinski definition) is 5. The third-order valence-electron chi connectivity index (χ3n) is 4.51. The predicted molar refractivity (Wildman–Crippen MR) is 118 cm³/mol. The van der Waals surface area contributed by atoms with E-state index in [4.69, 9.17) is 4.74 Å². The topological polar surface area (TPSA) is 68.6 Å². The van der Waals surface area contributed by atoms with E-state index in [0.717, 1.165) is 30.7 Å². The molecule has 2 aromatic carbocycles. The second kappa shape index (κ2) is 10.9. The molecule has 176 valence electrons. The van der Waals surface area contributed by atoms with Gasteiger partial charge in [0.05, 0.1) is 13.2 Å². The first kappa shape index (κ1) is 24.1. The SMILES string of the molecule is CN(C)CCCOc1cc(C(=O)Nc2ccc(OC(F)(F)F)cc2)n(Cc2ccccc2)n1. The van der Waals surface area contributed by atoms with Gasteiger partial charge in [-0.3, -0.25) is 9.48 Å². The minimum absolute atomic E-state index is 0.261. The number of aromatic nitrogens is 2. The normalized spacial score (nSPS) is 11.5. The molecule has 0 radical (unpaired) electrons. The van der Waals surface area contributed by atoms with Gasteiger partial charge in [0.2, 0.25) is 5.88 Å². The van der Waals surface area contributed by atoms with Crippen molar-refractivity contribution in [3.05, 3.63) is 71.9 Å². The van der Waals surface area contributed by atoms with E-state index in [-0.39, 0.29) is 11.4 Å². The van der Waals surface area contributed by atoms with Crippen molar-refractivity contribution in [1.82, 2.24) is 14.7 Å². The third-order valence-corrected chi connectivity index (χ3v) is 4.51. The lowest BCUT2D eigenvalue weighted by Crippen LogP contribution is -2.19. The van der Waals surface area contributed by atoms with E-state index >= 15 is 0 Å². The van der Waals surface area contributed by atoms with Crippen LogP contribution in [0.2, 0.25) is 0 Å². The van der Waals surface area contributed by atoms with E-state index in [9.17, 15) is 18.0 Å². The van der Waals surface area contributed by atoms with Crippen LogP contribution in [-0.4, -0.2) is 54.2 Å². The molecule has 1 aromatic heterocycles. The van der Waals surface area contributed by atoms with Crippen LogP contribution in [0.3, 0.4) is 0 Å². The molecule has 3 aromatic rings. The van der Waals surface area contributed by atoms with Crippen LogP contribution in [0, 0.1) is 0 Å². The highest BCUT2D eigenvalue weighted by Crippen LogP contribution is 2.24. The molecule has 0 aliphatic carbocycles. The smallest absolute Gasteiger partial charge is 0.477 e. The fourth-order valence-electron chi connectivity index (χ4n) is 3.02. The summed E-state index contributed by atoms with van der Waals surface area (Å²) in [5.41, 5.74) is 1.52. The van der Waals surface area contributed by atoms with Crippen LogP contribution < -0.4 is 14.8 Å². The van der Waals surface area contributed by atoms with E-state index in [1.165, 1.54) is 16.8 Å². The average Bonchev–Trinajstić information content (AvgIpc) is 3.15. The average molecular weight is 462 g/mol. The van der Waals surface area contributed by atoms with E-state index in [0.29, 0.717) is 24.7 Å². The van der Waals surface area contributed by atoms with Gasteiger partial charge in [0.25, 0.3) is 5.91 Å². The van der Waals surface area contributed by atoms with E-state index in [1.54, 1.807) is 6.07 Å². The number of alkyl halides is 3. The maximum Gasteiger partial charge on any atom is 0.573 e. The minimum atomic E-state index is -4.78. The van der Waals surface area contributed by atoms with Crippen LogP contribution in [0.4, 0.5) is 18.9 Å². The summed E-state index contributed by atoms with van der Waals surface area (Å²) in [6.45, 7) is 1.65. The molecule has 0 unspecified atom stereocenters. The molecule has 0 spiro atoms. The first-order chi connectivity index (χ1) is 15.7. The number of anilines is 1. The van der Waals surface area contributed by atoms with Crippen molar-refractivity contribution in [3.8, 4) is 11.6 Å². The number of halogens is 3. The number of nitrogens with zero attached hydrogens (tertiary/aromatic N) is 3. The van der Waals surface area contributed by atoms with Crippen LogP contribution >= 0.6 is 0 Å². The highest BCUT2D eigenvalue weighted by Gasteiger charge is 2.31. The summed E-state index contributed by atoms with van der Waals surface area (Å²) in [5, 5.41) is 7.09. The van der Waals surface area contributed by atoms with Gasteiger partial charge in [-0.1, -0.05) is 30.3 Å². The van der Waals surface area contributed by atoms with Gasteiger partial charge in [-0.25, -0.2) is 0 Å². The van der Waals surface area contributed by atoms with Crippen LogP contribution in [-0.2, 0) is 6.54 Å². The van der Waals surface area contributed by atoms with Crippen molar-refractivity contribution < 1.29 is 27.4 Å². The Morgan fingerprint density at radius 2 is 1.79 bits per heavy atom. The van der Waals surface area contributed by atoms with Crippen molar-refractivity contribution >= 4 is 11.6 Å². The predicted octanol–water partition coefficient (Wildman–Crippen LogP) is 4.41. The van der Waals surface area contributed by atoms with Gasteiger partial charge in [-0.05, 0) is 50.3 Å². The standard InChI is InChI=1S/C23H25F3N4O3/c1-29(2)13-6-14-32-21-15-20(30(28-21)16-17-7-4-3-5-8-17)22(31)27-18-9-11-19(12-10-18)33-23(24,25)26/h3-5,7-12,15H,6,13-14,16H2,1-2H3,(H,27,31). The monoisotopic (exact) mass is 462 g/mol. The number of carbonyl (C=O) groups is 1. The molecule has 0 saturated heterocycles. The third kappa shape index (κ3) is 7.83. The Labute approximate surface area is 189 Å². The summed E-state index contributed by atoms with van der Waals surface area (Å²) in [5.74, 6) is -0.516. The van der Waals surface area contributed by atoms with Crippen molar-refractivity contribution in [3.63, 3.8) is 0 Å². The van der Waals surface area contributed by atoms with Crippen molar-refractivity contribution in [2.45, 2.75) is 19.3 Å². The second-order valence-electron chi connectivity index (χ2n) is 7.54. The quantitative estimate of drug-likeness (QED) is 0.452. The summed E-state index contributed by atoms with van der Waals surface area (Å²) in [7, 11) is 3.94. The molecule has 0 atom stereocenters. The molecule has 0 saturated carbocycles. The van der Waals surface area contributed by atoms with E-state index in [1.807, 2.05) is 49.3 Å². The van der Waals surface area contributed by atoms with Crippen molar-refractivity contribution in [2.75, 3.05) is 32.6 Å². The lowest BCUT2D eigenvalue weighted by molar-refractivity contribution is -0.274. The number of nitrogens with one attached hydrogen (secondary N) is 1. The lowest BCUT2D eigenvalue weighted by Gasteiger charge is -2.10. The summed E-state index contributed by atoms with van der Waals surface area (Å²) in [4.78, 5) is 15.0. The van der Waals surface area contributed by atoms with Crippen molar-refractivity contribution in [1.29, 1.82) is 0 Å². The van der Waals surface area contributed by atoms with Gasteiger partial charge in [-0.2, -0.15) is 0 Å². The number of rotatable bonds is 10. The van der Waals surface area contributed by atoms with E-state index < -0.39 is 12.3 Å². The highest BCUT2D eigenvalue weighted by molar-refractivity contribution is 6.03. The minimum Gasteiger partial charge on any atom is -0.477 e. The number of benzene rings is 2. The van der Waals surface area contributed by atoms with Crippen LogP contribution in [0.25, 0.3) is 0 Å². The molecule has 0 fully saturated rings. The fourth-order valence-corrected chi connectivity index (χ4v) is 3.02. The van der Waals surface area contributed by atoms with Crippen LogP contribution in [0.1, 0.15) is 22.5 Å². The molecule has 1 heterocycles. The Kier molecular flexibility index (Phi) is 7.94. The Bertz CT molecular complexity index is 1040. The molecular formula is C23H25F3N4O3. The fraction of sp³-hybridized carbons (Fsp3) is 0.304. The molecule has 1 N–H and O–H groups in total. The largest absolute Gasteiger partial charge is 0.573 e. The maximum absolute atomic E-state index is 12.9. The Morgan fingerprint density at radius 3 is 2.42 bits per heavy atom. The van der Waals surface area contributed by atoms with Gasteiger partial charge >= 0.3 is 6.36 Å². The maximum atomic E-state index is 12.9. The molecule has 1 amide bonds. The zero-order valence-corrected chi connectivity index (χ0v) is 18.3. The summed E-state index contributed by atoms with van der Waals surface area (Å²) in [6, 6.07) is 16.0. The van der Waals surface area contributed by atoms with Crippen LogP contribution in [0.15, 0.2) is 60.7 Å². The number of hydrogen-bond donors (Lipinski definition) is 1. The first-order valence-corrected chi connectivity index (χ1v) is 10.3. The number of ether oxygens (including phenoxy) is 2. The van der Waals surface area contributed by atoms with Gasteiger partial charge in [-0.15, -0.1) is 18.3 Å². The highest BCUT2D eigenvalue weighted by atomic mass is 19.4. The summed E-state index contributed by atoms with van der Waals surface area (Å²) >= 11 is 0. The molecular weight excluding hydrogens is 437 g/mol. The summed E-state index contributed by atoms with van der Waals surface area (Å²) in [6.07, 6.45) is -3.98. The van der Waals surface area contributed by atoms with Gasteiger partial charge in [0.1, 0.15) is 11.4 Å². The molecule has 7 nitrogen and oxygen atoms in total. The Morgan fingerprint density at radius 1 is 1.09 bits per heavy atom. The Balaban J connectivity index is 1.73. The molecule has 0 aliphatic rings. The van der Waals surface area contributed by atoms with Gasteiger partial charge < -0.3 is 19.7 Å². The molecule has 0 bridgehead atoms. The second-order valence-corrected chi connectivity index (χ2v) is 7.54. The van der Waals surface area contributed by atoms with Gasteiger partial charge in [0, 0.05) is 18.3 Å². The zero-order valence-electron chi connectivity index (χ0n) is 18.3. The molecule has 0 aliphatic heterocycles. The van der Waals surface area contributed by atoms with Crippen LogP contribution in [0.5, 0.6) is 11.6 Å². The lowest BCUT2D eigenvalue weighted by atomic mass is 10.2. The number of amides is 1. The van der Waals surface area contributed by atoms with Gasteiger partial charge in [0.15, 0.2) is 0 Å². The zero-order chi connectivity index (χ0) is 23.8. The van der Waals surface area contributed by atoms with Crippen molar-refractivity contribution in [2.24, 2.45) is 0 Å².